The van der Waals surface area contributed by atoms with Gasteiger partial charge in [0.2, 0.25) is 0 Å². The quantitative estimate of drug-likeness (QED) is 0.510. The van der Waals surface area contributed by atoms with Crippen molar-refractivity contribution in [3.05, 3.63) is 12.2 Å². The summed E-state index contributed by atoms with van der Waals surface area (Å²) in [6, 6.07) is 0.714. The Hall–Kier alpha value is -0.300. The van der Waals surface area contributed by atoms with Crippen LogP contribution in [0.5, 0.6) is 0 Å². The summed E-state index contributed by atoms with van der Waals surface area (Å²) in [6.45, 7) is 3.56. The van der Waals surface area contributed by atoms with Crippen LogP contribution < -0.4 is 5.32 Å². The minimum absolute atomic E-state index is 0.714. The van der Waals surface area contributed by atoms with E-state index in [0.717, 1.165) is 0 Å². The van der Waals surface area contributed by atoms with Crippen LogP contribution in [-0.4, -0.2) is 12.6 Å². The van der Waals surface area contributed by atoms with Crippen LogP contribution in [0.3, 0.4) is 0 Å². The van der Waals surface area contributed by atoms with Crippen molar-refractivity contribution < 1.29 is 0 Å². The van der Waals surface area contributed by atoms with Crippen LogP contribution >= 0.6 is 0 Å². The van der Waals surface area contributed by atoms with Crippen LogP contribution in [0.15, 0.2) is 12.2 Å². The first kappa shape index (κ1) is 18.7. The van der Waals surface area contributed by atoms with Gasteiger partial charge in [0.25, 0.3) is 0 Å². The molecule has 1 aliphatic rings. The molecule has 0 saturated carbocycles. The Balaban J connectivity index is 2.13. The fourth-order valence-corrected chi connectivity index (χ4v) is 3.20. The average molecular weight is 294 g/mol. The lowest BCUT2D eigenvalue weighted by Gasteiger charge is -2.13. The third kappa shape index (κ3) is 13.1. The van der Waals surface area contributed by atoms with Crippen molar-refractivity contribution in [3.8, 4) is 0 Å². The fraction of sp³-hybridized carbons (Fsp3) is 0.900. The molecule has 0 bridgehead atoms. The van der Waals surface area contributed by atoms with Gasteiger partial charge >= 0.3 is 0 Å². The second-order valence-corrected chi connectivity index (χ2v) is 6.94. The number of allylic oxidation sites excluding steroid dienone is 2. The Kier molecular flexibility index (Phi) is 13.1. The molecule has 0 saturated heterocycles. The van der Waals surface area contributed by atoms with Gasteiger partial charge in [0, 0.05) is 6.04 Å². The van der Waals surface area contributed by atoms with E-state index in [2.05, 4.69) is 24.4 Å². The summed E-state index contributed by atoms with van der Waals surface area (Å²) in [5.41, 5.74) is 0. The van der Waals surface area contributed by atoms with E-state index in [0.29, 0.717) is 6.04 Å². The molecule has 0 radical (unpaired) electrons. The highest BCUT2D eigenvalue weighted by molar-refractivity contribution is 4.81. The maximum Gasteiger partial charge on any atom is 0.00387 e. The van der Waals surface area contributed by atoms with E-state index >= 15 is 0 Å². The molecule has 1 N–H and O–H groups in total. The number of hydrogen-bond acceptors (Lipinski definition) is 1. The number of nitrogens with one attached hydrogen (secondary N) is 1. The lowest BCUT2D eigenvalue weighted by Crippen LogP contribution is -2.26. The second kappa shape index (κ2) is 14.6. The molecule has 1 atom stereocenters. The Morgan fingerprint density at radius 2 is 1.10 bits per heavy atom. The second-order valence-electron chi connectivity index (χ2n) is 6.94. The third-order valence-electron chi connectivity index (χ3n) is 4.71. The average Bonchev–Trinajstić information content (AvgIpc) is 2.48. The van der Waals surface area contributed by atoms with Gasteiger partial charge in [0.15, 0.2) is 0 Å². The summed E-state index contributed by atoms with van der Waals surface area (Å²) in [4.78, 5) is 0. The fourth-order valence-electron chi connectivity index (χ4n) is 3.20. The number of rotatable bonds is 0. The van der Waals surface area contributed by atoms with Crippen molar-refractivity contribution in [2.45, 2.75) is 109 Å². The summed E-state index contributed by atoms with van der Waals surface area (Å²) in [5.74, 6) is 0. The molecule has 1 aliphatic heterocycles. The highest BCUT2D eigenvalue weighted by Gasteiger charge is 2.00. The molecule has 1 rings (SSSR count). The molecule has 0 fully saturated rings. The van der Waals surface area contributed by atoms with Crippen molar-refractivity contribution in [2.75, 3.05) is 6.54 Å². The number of hydrogen-bond donors (Lipinski definition) is 1. The Labute approximate surface area is 134 Å². The van der Waals surface area contributed by atoms with Gasteiger partial charge in [-0.3, -0.25) is 0 Å². The SMILES string of the molecule is CC1CCCCCCCCCCCCC=CCCCCN1. The summed E-state index contributed by atoms with van der Waals surface area (Å²) >= 11 is 0. The van der Waals surface area contributed by atoms with E-state index in [4.69, 9.17) is 0 Å². The van der Waals surface area contributed by atoms with Crippen LogP contribution in [0.25, 0.3) is 0 Å². The Morgan fingerprint density at radius 1 is 0.619 bits per heavy atom. The Bertz CT molecular complexity index is 234. The van der Waals surface area contributed by atoms with Crippen LogP contribution in [0, 0.1) is 0 Å². The van der Waals surface area contributed by atoms with Crippen molar-refractivity contribution in [3.63, 3.8) is 0 Å². The Morgan fingerprint density at radius 3 is 1.71 bits per heavy atom. The maximum absolute atomic E-state index is 3.68. The van der Waals surface area contributed by atoms with Crippen molar-refractivity contribution >= 4 is 0 Å². The molecule has 1 heteroatoms. The van der Waals surface area contributed by atoms with Crippen LogP contribution in [0.1, 0.15) is 103 Å². The standard InChI is InChI=1S/C20H39N/c1-20-18-16-14-12-10-8-6-4-2-3-5-7-9-11-13-15-17-19-21-20/h9,11,20-21H,2-8,10,12-19H2,1H3. The van der Waals surface area contributed by atoms with Crippen LogP contribution in [0.2, 0.25) is 0 Å². The van der Waals surface area contributed by atoms with E-state index in [1.165, 1.54) is 103 Å². The predicted molar refractivity (Wildman–Crippen MR) is 95.9 cm³/mol. The van der Waals surface area contributed by atoms with E-state index in [1.54, 1.807) is 0 Å². The molecule has 1 heterocycles. The normalized spacial score (nSPS) is 26.2. The molecular formula is C20H39N. The van der Waals surface area contributed by atoms with Gasteiger partial charge in [-0.25, -0.2) is 0 Å². The molecule has 21 heavy (non-hydrogen) atoms. The van der Waals surface area contributed by atoms with E-state index in [9.17, 15) is 0 Å². The van der Waals surface area contributed by atoms with Gasteiger partial charge < -0.3 is 5.32 Å². The highest BCUT2D eigenvalue weighted by atomic mass is 14.9. The van der Waals surface area contributed by atoms with Gasteiger partial charge in [-0.2, -0.15) is 0 Å². The zero-order valence-corrected chi connectivity index (χ0v) is 14.5. The van der Waals surface area contributed by atoms with Crippen molar-refractivity contribution in [1.82, 2.24) is 5.32 Å². The molecular weight excluding hydrogens is 254 g/mol. The summed E-state index contributed by atoms with van der Waals surface area (Å²) < 4.78 is 0. The van der Waals surface area contributed by atoms with Crippen molar-refractivity contribution in [2.24, 2.45) is 0 Å². The summed E-state index contributed by atoms with van der Waals surface area (Å²) in [6.07, 6.45) is 25.9. The van der Waals surface area contributed by atoms with Gasteiger partial charge in [-0.15, -0.1) is 0 Å². The van der Waals surface area contributed by atoms with Crippen molar-refractivity contribution in [1.29, 1.82) is 0 Å². The third-order valence-corrected chi connectivity index (χ3v) is 4.71. The molecule has 1 nitrogen and oxygen atoms in total. The topological polar surface area (TPSA) is 12.0 Å². The molecule has 0 aromatic heterocycles. The first-order valence-electron chi connectivity index (χ1n) is 9.78. The van der Waals surface area contributed by atoms with Gasteiger partial charge in [0.05, 0.1) is 0 Å². The van der Waals surface area contributed by atoms with Gasteiger partial charge in [0.1, 0.15) is 0 Å². The van der Waals surface area contributed by atoms with E-state index < -0.39 is 0 Å². The minimum atomic E-state index is 0.714. The minimum Gasteiger partial charge on any atom is -0.314 e. The molecule has 0 aromatic carbocycles. The monoisotopic (exact) mass is 293 g/mol. The summed E-state index contributed by atoms with van der Waals surface area (Å²) in [7, 11) is 0. The van der Waals surface area contributed by atoms with E-state index in [-0.39, 0.29) is 0 Å². The van der Waals surface area contributed by atoms with Gasteiger partial charge in [-0.05, 0) is 52.0 Å². The molecule has 0 aliphatic carbocycles. The van der Waals surface area contributed by atoms with Crippen LogP contribution in [0.4, 0.5) is 0 Å². The zero-order chi connectivity index (χ0) is 15.0. The smallest absolute Gasteiger partial charge is 0.00387 e. The first-order chi connectivity index (χ1) is 10.4. The lowest BCUT2D eigenvalue weighted by molar-refractivity contribution is 0.468. The largest absolute Gasteiger partial charge is 0.314 e. The lowest BCUT2D eigenvalue weighted by atomic mass is 10.0. The molecule has 0 spiro atoms. The highest BCUT2D eigenvalue weighted by Crippen LogP contribution is 2.13. The predicted octanol–water partition coefficient (Wildman–Crippen LogP) is 6.39. The van der Waals surface area contributed by atoms with Crippen LogP contribution in [-0.2, 0) is 0 Å². The van der Waals surface area contributed by atoms with E-state index in [1.807, 2.05) is 0 Å². The molecule has 0 aromatic rings. The first-order valence-corrected chi connectivity index (χ1v) is 9.78. The molecule has 0 amide bonds. The summed E-state index contributed by atoms with van der Waals surface area (Å²) in [5, 5.41) is 3.68. The van der Waals surface area contributed by atoms with Gasteiger partial charge in [-0.1, -0.05) is 69.9 Å². The molecule has 124 valence electrons. The zero-order valence-electron chi connectivity index (χ0n) is 14.5. The molecule has 1 unspecified atom stereocenters. The maximum atomic E-state index is 3.68.